The summed E-state index contributed by atoms with van der Waals surface area (Å²) in [6.45, 7) is 0.294. The fourth-order valence-electron chi connectivity index (χ4n) is 4.35. The molecule has 0 radical (unpaired) electrons. The molecule has 3 aromatic rings. The molecular formula is C32H37F3N6O5. The standard InChI is InChI=1S/C30H36N6O3.C2HF3O2/c31-28(38)26(19-21-11-4-1-5-12-21)36-29(39)25(17-10-18-34-30(32)33)35-27(37)20-24(22-13-6-2-7-14-22)23-15-8-3-9-16-23;3-2(4,5)1(6)7/h1-9,11-16,24-26H,10,17-20H2,(H2,31,38)(H,35,37)(H,36,39)(H4,32,33,34);(H,6,7)/t25-,26-;/m0./s1. The highest BCUT2D eigenvalue weighted by Crippen LogP contribution is 2.28. The molecule has 246 valence electrons. The summed E-state index contributed by atoms with van der Waals surface area (Å²) in [6, 6.07) is 26.9. The van der Waals surface area contributed by atoms with Crippen LogP contribution in [0.3, 0.4) is 0 Å². The highest BCUT2D eigenvalue weighted by Gasteiger charge is 2.38. The summed E-state index contributed by atoms with van der Waals surface area (Å²) in [6.07, 6.45) is -4.00. The number of carbonyl (C=O) groups excluding carboxylic acids is 3. The van der Waals surface area contributed by atoms with E-state index >= 15 is 0 Å². The summed E-state index contributed by atoms with van der Waals surface area (Å²) >= 11 is 0. The first-order valence-corrected chi connectivity index (χ1v) is 14.2. The first-order valence-electron chi connectivity index (χ1n) is 14.2. The smallest absolute Gasteiger partial charge is 0.475 e. The van der Waals surface area contributed by atoms with E-state index in [9.17, 15) is 27.6 Å². The van der Waals surface area contributed by atoms with Crippen LogP contribution >= 0.6 is 0 Å². The third kappa shape index (κ3) is 13.5. The average molecular weight is 643 g/mol. The second-order valence-electron chi connectivity index (χ2n) is 10.1. The Bertz CT molecular complexity index is 1400. The predicted octanol–water partition coefficient (Wildman–Crippen LogP) is 2.59. The summed E-state index contributed by atoms with van der Waals surface area (Å²) in [5.41, 5.74) is 19.3. The number of nitrogens with two attached hydrogens (primary N) is 3. The van der Waals surface area contributed by atoms with Gasteiger partial charge in [-0.25, -0.2) is 4.79 Å². The molecule has 46 heavy (non-hydrogen) atoms. The molecule has 0 fully saturated rings. The molecule has 0 aliphatic rings. The van der Waals surface area contributed by atoms with Crippen molar-refractivity contribution < 1.29 is 37.5 Å². The Labute approximate surface area is 264 Å². The molecule has 2 atom stereocenters. The van der Waals surface area contributed by atoms with E-state index in [1.165, 1.54) is 0 Å². The second-order valence-corrected chi connectivity index (χ2v) is 10.1. The minimum atomic E-state index is -5.08. The number of carboxylic acids is 1. The van der Waals surface area contributed by atoms with Crippen molar-refractivity contribution in [2.75, 3.05) is 6.54 Å². The molecule has 11 nitrogen and oxygen atoms in total. The fraction of sp³-hybridized carbons (Fsp3) is 0.281. The monoisotopic (exact) mass is 642 g/mol. The van der Waals surface area contributed by atoms with Gasteiger partial charge in [-0.2, -0.15) is 13.2 Å². The molecule has 3 rings (SSSR count). The minimum Gasteiger partial charge on any atom is -0.475 e. The zero-order valence-corrected chi connectivity index (χ0v) is 24.8. The van der Waals surface area contributed by atoms with Crippen molar-refractivity contribution in [1.82, 2.24) is 10.6 Å². The zero-order chi connectivity index (χ0) is 34.1. The SMILES string of the molecule is NC(=O)[C@H](Cc1ccccc1)NC(=O)[C@H](CCCN=C(N)N)NC(=O)CC(c1ccccc1)c1ccccc1.O=C(O)C(F)(F)F. The zero-order valence-electron chi connectivity index (χ0n) is 24.8. The molecule has 3 aromatic carbocycles. The number of aliphatic carboxylic acids is 1. The number of alkyl halides is 3. The lowest BCUT2D eigenvalue weighted by Crippen LogP contribution is -2.53. The van der Waals surface area contributed by atoms with E-state index in [4.69, 9.17) is 27.1 Å². The van der Waals surface area contributed by atoms with Crippen molar-refractivity contribution >= 4 is 29.7 Å². The van der Waals surface area contributed by atoms with E-state index < -0.39 is 36.0 Å². The molecule has 0 aliphatic heterocycles. The van der Waals surface area contributed by atoms with Crippen molar-refractivity contribution in [2.24, 2.45) is 22.2 Å². The summed E-state index contributed by atoms with van der Waals surface area (Å²) in [4.78, 5) is 51.6. The van der Waals surface area contributed by atoms with Gasteiger partial charge < -0.3 is 32.9 Å². The molecule has 0 spiro atoms. The van der Waals surface area contributed by atoms with Crippen LogP contribution in [-0.4, -0.2) is 59.6 Å². The Kier molecular flexibility index (Phi) is 14.7. The maximum atomic E-state index is 13.3. The largest absolute Gasteiger partial charge is 0.490 e. The number of nitrogens with zero attached hydrogens (tertiary/aromatic N) is 1. The maximum Gasteiger partial charge on any atom is 0.490 e. The number of rotatable bonds is 14. The Morgan fingerprint density at radius 1 is 0.761 bits per heavy atom. The van der Waals surface area contributed by atoms with Crippen molar-refractivity contribution in [3.05, 3.63) is 108 Å². The molecule has 0 aliphatic carbocycles. The van der Waals surface area contributed by atoms with Gasteiger partial charge in [-0.05, 0) is 29.5 Å². The highest BCUT2D eigenvalue weighted by atomic mass is 19.4. The van der Waals surface area contributed by atoms with E-state index in [0.29, 0.717) is 13.0 Å². The van der Waals surface area contributed by atoms with Crippen molar-refractivity contribution in [3.63, 3.8) is 0 Å². The number of carboxylic acid groups (broad SMARTS) is 1. The minimum absolute atomic E-state index is 0.0507. The normalized spacial score (nSPS) is 12.1. The number of guanidine groups is 1. The fourth-order valence-corrected chi connectivity index (χ4v) is 4.35. The highest BCUT2D eigenvalue weighted by molar-refractivity contribution is 5.92. The number of primary amides is 1. The maximum absolute atomic E-state index is 13.3. The molecule has 0 aromatic heterocycles. The van der Waals surface area contributed by atoms with Crippen molar-refractivity contribution in [1.29, 1.82) is 0 Å². The summed E-state index contributed by atoms with van der Waals surface area (Å²) in [5, 5.41) is 12.7. The molecule has 9 N–H and O–H groups in total. The van der Waals surface area contributed by atoms with Crippen LogP contribution in [0.2, 0.25) is 0 Å². The quantitative estimate of drug-likeness (QED) is 0.0881. The third-order valence-corrected chi connectivity index (χ3v) is 6.58. The van der Waals surface area contributed by atoms with Gasteiger partial charge in [0.15, 0.2) is 5.96 Å². The second kappa shape index (κ2) is 18.4. The van der Waals surface area contributed by atoms with Crippen molar-refractivity contribution in [2.45, 2.75) is 49.9 Å². The number of hydrogen-bond acceptors (Lipinski definition) is 5. The predicted molar refractivity (Wildman–Crippen MR) is 166 cm³/mol. The Morgan fingerprint density at radius 3 is 1.67 bits per heavy atom. The number of amides is 3. The van der Waals surface area contributed by atoms with Gasteiger partial charge in [-0.3, -0.25) is 19.4 Å². The number of halogens is 3. The van der Waals surface area contributed by atoms with Crippen LogP contribution in [0.25, 0.3) is 0 Å². The number of aliphatic imine (C=N–C) groups is 1. The number of nitrogens with one attached hydrogen (secondary N) is 2. The lowest BCUT2D eigenvalue weighted by atomic mass is 9.88. The molecule has 0 heterocycles. The Balaban J connectivity index is 0.000000942. The van der Waals surface area contributed by atoms with Gasteiger partial charge in [0.2, 0.25) is 17.7 Å². The Morgan fingerprint density at radius 2 is 1.24 bits per heavy atom. The van der Waals surface area contributed by atoms with Gasteiger partial charge in [-0.15, -0.1) is 0 Å². The van der Waals surface area contributed by atoms with Gasteiger partial charge in [0.25, 0.3) is 0 Å². The molecule has 0 saturated heterocycles. The van der Waals surface area contributed by atoms with Crippen LogP contribution in [0.1, 0.15) is 41.9 Å². The Hall–Kier alpha value is -5.40. The first-order chi connectivity index (χ1) is 21.8. The van der Waals surface area contributed by atoms with Crippen molar-refractivity contribution in [3.8, 4) is 0 Å². The van der Waals surface area contributed by atoms with Gasteiger partial charge in [-0.1, -0.05) is 91.0 Å². The van der Waals surface area contributed by atoms with Gasteiger partial charge in [0.05, 0.1) is 0 Å². The molecular weight excluding hydrogens is 605 g/mol. The lowest BCUT2D eigenvalue weighted by Gasteiger charge is -2.23. The number of hydrogen-bond donors (Lipinski definition) is 6. The van der Waals surface area contributed by atoms with E-state index in [1.807, 2.05) is 91.0 Å². The summed E-state index contributed by atoms with van der Waals surface area (Å²) in [7, 11) is 0. The van der Waals surface area contributed by atoms with Crippen LogP contribution in [-0.2, 0) is 25.6 Å². The first kappa shape index (κ1) is 36.8. The lowest BCUT2D eigenvalue weighted by molar-refractivity contribution is -0.192. The molecule has 0 saturated carbocycles. The number of carbonyl (C=O) groups is 4. The van der Waals surface area contributed by atoms with Gasteiger partial charge in [0, 0.05) is 25.3 Å². The van der Waals surface area contributed by atoms with E-state index in [1.54, 1.807) is 0 Å². The van der Waals surface area contributed by atoms with Crippen LogP contribution in [0.15, 0.2) is 96.0 Å². The average Bonchev–Trinajstić information content (AvgIpc) is 3.02. The van der Waals surface area contributed by atoms with Gasteiger partial charge in [0.1, 0.15) is 12.1 Å². The topological polar surface area (TPSA) is 203 Å². The third-order valence-electron chi connectivity index (χ3n) is 6.58. The molecule has 14 heteroatoms. The summed E-state index contributed by atoms with van der Waals surface area (Å²) in [5.74, 6) is -4.46. The van der Waals surface area contributed by atoms with E-state index in [-0.39, 0.29) is 37.0 Å². The van der Waals surface area contributed by atoms with E-state index in [0.717, 1.165) is 16.7 Å². The van der Waals surface area contributed by atoms with Crippen LogP contribution in [0.5, 0.6) is 0 Å². The van der Waals surface area contributed by atoms with E-state index in [2.05, 4.69) is 15.6 Å². The van der Waals surface area contributed by atoms with Crippen LogP contribution in [0.4, 0.5) is 13.2 Å². The van der Waals surface area contributed by atoms with Crippen LogP contribution < -0.4 is 27.8 Å². The molecule has 3 amide bonds. The summed E-state index contributed by atoms with van der Waals surface area (Å²) < 4.78 is 31.7. The molecule has 0 bridgehead atoms. The number of benzene rings is 3. The molecule has 0 unspecified atom stereocenters. The van der Waals surface area contributed by atoms with Gasteiger partial charge >= 0.3 is 12.1 Å². The van der Waals surface area contributed by atoms with Crippen LogP contribution in [0, 0.1) is 0 Å².